The van der Waals surface area contributed by atoms with E-state index in [2.05, 4.69) is 0 Å². The molecule has 0 atom stereocenters. The summed E-state index contributed by atoms with van der Waals surface area (Å²) in [5.41, 5.74) is 3.43. The maximum absolute atomic E-state index is 12.6. The molecule has 0 radical (unpaired) electrons. The fourth-order valence-electron chi connectivity index (χ4n) is 3.20. The van der Waals surface area contributed by atoms with Gasteiger partial charge in [-0.25, -0.2) is 4.79 Å². The SMILES string of the molecule is CCOC(=O)CN1C(=O)S/C(=C/c2cc(C)n(-c3ccc(C(=O)O)cc3)c2C)C1=O. The van der Waals surface area contributed by atoms with Crippen LogP contribution >= 0.6 is 11.8 Å². The molecule has 1 saturated heterocycles. The van der Waals surface area contributed by atoms with E-state index >= 15 is 0 Å². The molecule has 1 aliphatic heterocycles. The molecule has 2 amide bonds. The maximum atomic E-state index is 12.6. The Morgan fingerprint density at radius 3 is 2.43 bits per heavy atom. The zero-order valence-corrected chi connectivity index (χ0v) is 17.5. The van der Waals surface area contributed by atoms with Gasteiger partial charge in [-0.15, -0.1) is 0 Å². The number of carbonyl (C=O) groups is 4. The van der Waals surface area contributed by atoms with E-state index in [1.165, 1.54) is 12.1 Å². The van der Waals surface area contributed by atoms with Crippen molar-refractivity contribution in [2.24, 2.45) is 0 Å². The molecule has 9 heteroatoms. The first-order valence-electron chi connectivity index (χ1n) is 9.16. The third-order valence-electron chi connectivity index (χ3n) is 4.60. The van der Waals surface area contributed by atoms with Crippen LogP contribution in [0.5, 0.6) is 0 Å². The Kier molecular flexibility index (Phi) is 6.12. The molecule has 0 bridgehead atoms. The molecule has 30 heavy (non-hydrogen) atoms. The van der Waals surface area contributed by atoms with Gasteiger partial charge in [0.1, 0.15) is 6.54 Å². The predicted molar refractivity (Wildman–Crippen MR) is 112 cm³/mol. The van der Waals surface area contributed by atoms with Gasteiger partial charge in [0.2, 0.25) is 0 Å². The second-order valence-electron chi connectivity index (χ2n) is 6.59. The number of amides is 2. The lowest BCUT2D eigenvalue weighted by atomic mass is 10.2. The van der Waals surface area contributed by atoms with E-state index in [4.69, 9.17) is 9.84 Å². The third-order valence-corrected chi connectivity index (χ3v) is 5.50. The van der Waals surface area contributed by atoms with E-state index < -0.39 is 29.6 Å². The molecule has 1 aliphatic rings. The van der Waals surface area contributed by atoms with Crippen LogP contribution < -0.4 is 0 Å². The van der Waals surface area contributed by atoms with E-state index in [0.717, 1.165) is 39.3 Å². The molecule has 3 rings (SSSR count). The quantitative estimate of drug-likeness (QED) is 0.555. The van der Waals surface area contributed by atoms with Gasteiger partial charge in [-0.1, -0.05) is 0 Å². The van der Waals surface area contributed by atoms with Crippen molar-refractivity contribution >= 4 is 40.9 Å². The maximum Gasteiger partial charge on any atom is 0.335 e. The number of aromatic carboxylic acids is 1. The van der Waals surface area contributed by atoms with Crippen LogP contribution in [0.1, 0.15) is 34.2 Å². The molecule has 1 N–H and O–H groups in total. The number of hydrogen-bond donors (Lipinski definition) is 1. The second-order valence-corrected chi connectivity index (χ2v) is 7.58. The van der Waals surface area contributed by atoms with Crippen molar-refractivity contribution in [1.82, 2.24) is 9.47 Å². The Morgan fingerprint density at radius 1 is 1.17 bits per heavy atom. The lowest BCUT2D eigenvalue weighted by Gasteiger charge is -2.11. The van der Waals surface area contributed by atoms with Crippen LogP contribution in [0, 0.1) is 13.8 Å². The number of aromatic nitrogens is 1. The van der Waals surface area contributed by atoms with Crippen molar-refractivity contribution in [1.29, 1.82) is 0 Å². The van der Waals surface area contributed by atoms with Crippen LogP contribution in [0.15, 0.2) is 35.2 Å². The van der Waals surface area contributed by atoms with Crippen molar-refractivity contribution in [2.75, 3.05) is 13.2 Å². The molecule has 0 saturated carbocycles. The first-order chi connectivity index (χ1) is 14.2. The summed E-state index contributed by atoms with van der Waals surface area (Å²) < 4.78 is 6.74. The Bertz CT molecular complexity index is 1070. The molecular weight excluding hydrogens is 408 g/mol. The van der Waals surface area contributed by atoms with Gasteiger partial charge in [0.05, 0.1) is 17.1 Å². The molecule has 1 aromatic heterocycles. The van der Waals surface area contributed by atoms with Crippen LogP contribution in [-0.4, -0.2) is 50.8 Å². The molecule has 1 aromatic carbocycles. The minimum atomic E-state index is -0.998. The molecule has 0 aliphatic carbocycles. The van der Waals surface area contributed by atoms with Crippen LogP contribution in [-0.2, 0) is 14.3 Å². The topological polar surface area (TPSA) is 106 Å². The number of aryl methyl sites for hydroxylation is 1. The van der Waals surface area contributed by atoms with Crippen molar-refractivity contribution in [3.8, 4) is 5.69 Å². The summed E-state index contributed by atoms with van der Waals surface area (Å²) in [6.45, 7) is 5.17. The standard InChI is InChI=1S/C21H20N2O6S/c1-4-29-18(24)11-22-19(25)17(30-21(22)28)10-15-9-12(2)23(13(15)3)16-7-5-14(6-8-16)20(26)27/h5-10H,4,11H2,1-3H3,(H,26,27)/b17-10+. The molecule has 0 unspecified atom stereocenters. The van der Waals surface area contributed by atoms with Gasteiger partial charge < -0.3 is 14.4 Å². The highest BCUT2D eigenvalue weighted by atomic mass is 32.2. The van der Waals surface area contributed by atoms with Gasteiger partial charge in [0.15, 0.2) is 0 Å². The number of carbonyl (C=O) groups excluding carboxylic acids is 3. The van der Waals surface area contributed by atoms with Crippen LogP contribution in [0.2, 0.25) is 0 Å². The average Bonchev–Trinajstić information content (AvgIpc) is 3.12. The molecule has 8 nitrogen and oxygen atoms in total. The second kappa shape index (κ2) is 8.58. The van der Waals surface area contributed by atoms with Crippen LogP contribution in [0.25, 0.3) is 11.8 Å². The van der Waals surface area contributed by atoms with Gasteiger partial charge in [-0.3, -0.25) is 19.3 Å². The average molecular weight is 428 g/mol. The van der Waals surface area contributed by atoms with Gasteiger partial charge in [0, 0.05) is 17.1 Å². The number of hydrogen-bond acceptors (Lipinski definition) is 6. The molecule has 1 fully saturated rings. The highest BCUT2D eigenvalue weighted by Crippen LogP contribution is 2.33. The third kappa shape index (κ3) is 4.16. The zero-order valence-electron chi connectivity index (χ0n) is 16.7. The lowest BCUT2D eigenvalue weighted by molar-refractivity contribution is -0.145. The van der Waals surface area contributed by atoms with Gasteiger partial charge >= 0.3 is 11.9 Å². The summed E-state index contributed by atoms with van der Waals surface area (Å²) in [7, 11) is 0. The minimum absolute atomic E-state index is 0.171. The Balaban J connectivity index is 1.89. The largest absolute Gasteiger partial charge is 0.478 e. The van der Waals surface area contributed by atoms with E-state index in [9.17, 15) is 19.2 Å². The number of nitrogens with zero attached hydrogens (tertiary/aromatic N) is 2. The lowest BCUT2D eigenvalue weighted by Crippen LogP contribution is -2.34. The van der Waals surface area contributed by atoms with Crippen molar-refractivity contribution in [2.45, 2.75) is 20.8 Å². The number of ether oxygens (including phenoxy) is 1. The highest BCUT2D eigenvalue weighted by molar-refractivity contribution is 8.18. The molecule has 156 valence electrons. The van der Waals surface area contributed by atoms with E-state index in [1.54, 1.807) is 25.1 Å². The monoisotopic (exact) mass is 428 g/mol. The zero-order chi connectivity index (χ0) is 22.0. The first-order valence-corrected chi connectivity index (χ1v) is 9.98. The number of imide groups is 1. The van der Waals surface area contributed by atoms with Crippen LogP contribution in [0.3, 0.4) is 0 Å². The summed E-state index contributed by atoms with van der Waals surface area (Å²) in [5.74, 6) is -2.17. The number of rotatable bonds is 6. The highest BCUT2D eigenvalue weighted by Gasteiger charge is 2.36. The van der Waals surface area contributed by atoms with E-state index in [0.29, 0.717) is 0 Å². The minimum Gasteiger partial charge on any atom is -0.478 e. The number of carboxylic acids is 1. The van der Waals surface area contributed by atoms with Crippen molar-refractivity contribution in [3.63, 3.8) is 0 Å². The summed E-state index contributed by atoms with van der Waals surface area (Å²) in [5, 5.41) is 8.55. The number of esters is 1. The summed E-state index contributed by atoms with van der Waals surface area (Å²) in [4.78, 5) is 48.5. The van der Waals surface area contributed by atoms with Crippen molar-refractivity contribution < 1.29 is 29.0 Å². The smallest absolute Gasteiger partial charge is 0.335 e. The Morgan fingerprint density at radius 2 is 1.83 bits per heavy atom. The Labute approximate surface area is 177 Å². The van der Waals surface area contributed by atoms with Gasteiger partial charge in [0.25, 0.3) is 11.1 Å². The molecule has 2 heterocycles. The summed E-state index contributed by atoms with van der Waals surface area (Å²) in [6.07, 6.45) is 1.63. The Hall–Kier alpha value is -3.33. The number of carboxylic acid groups (broad SMARTS) is 1. The van der Waals surface area contributed by atoms with Gasteiger partial charge in [-0.05, 0) is 74.5 Å². The van der Waals surface area contributed by atoms with Crippen LogP contribution in [0.4, 0.5) is 4.79 Å². The number of benzene rings is 1. The van der Waals surface area contributed by atoms with Gasteiger partial charge in [-0.2, -0.15) is 0 Å². The molecule has 2 aromatic rings. The first kappa shape index (κ1) is 21.4. The number of thioether (sulfide) groups is 1. The fraction of sp³-hybridized carbons (Fsp3) is 0.238. The van der Waals surface area contributed by atoms with E-state index in [1.807, 2.05) is 24.5 Å². The normalized spacial score (nSPS) is 15.2. The van der Waals surface area contributed by atoms with E-state index in [-0.39, 0.29) is 17.1 Å². The predicted octanol–water partition coefficient (Wildman–Crippen LogP) is 3.39. The summed E-state index contributed by atoms with van der Waals surface area (Å²) in [6, 6.07) is 8.34. The molecular formula is C21H20N2O6S. The fourth-order valence-corrected chi connectivity index (χ4v) is 4.03. The van der Waals surface area contributed by atoms with Crippen molar-refractivity contribution in [3.05, 3.63) is 57.8 Å². The summed E-state index contributed by atoms with van der Waals surface area (Å²) >= 11 is 0.778. The molecule has 0 spiro atoms.